The lowest BCUT2D eigenvalue weighted by molar-refractivity contribution is -0.116. The molecule has 1 aromatic rings. The summed E-state index contributed by atoms with van der Waals surface area (Å²) in [6.45, 7) is 0. The molecule has 0 aliphatic rings. The summed E-state index contributed by atoms with van der Waals surface area (Å²) in [6, 6.07) is 8.27. The number of amides is 1. The highest BCUT2D eigenvalue weighted by Gasteiger charge is 2.60. The summed E-state index contributed by atoms with van der Waals surface area (Å²) in [5.41, 5.74) is 0.490. The molecule has 1 amide bonds. The van der Waals surface area contributed by atoms with Crippen LogP contribution in [0.3, 0.4) is 0 Å². The van der Waals surface area contributed by atoms with E-state index in [1.165, 1.54) is 0 Å². The van der Waals surface area contributed by atoms with Gasteiger partial charge in [-0.3, -0.25) is 4.79 Å². The molecule has 0 radical (unpaired) electrons. The SMILES string of the molecule is O=C(CC/C=C\S(F)(F)(F)(F)F)Nc1ccccc1. The van der Waals surface area contributed by atoms with Gasteiger partial charge in [0, 0.05) is 12.1 Å². The molecular formula is C11H12F5NOS. The van der Waals surface area contributed by atoms with Gasteiger partial charge in [-0.25, -0.2) is 0 Å². The number of carbonyl (C=O) groups excluding carboxylic acids is 1. The average molecular weight is 301 g/mol. The Kier molecular flexibility index (Phi) is 3.68. The van der Waals surface area contributed by atoms with Crippen molar-refractivity contribution in [3.05, 3.63) is 41.8 Å². The second-order valence-corrected chi connectivity index (χ2v) is 6.18. The lowest BCUT2D eigenvalue weighted by atomic mass is 10.2. The van der Waals surface area contributed by atoms with Crippen molar-refractivity contribution in [3.8, 4) is 0 Å². The molecule has 1 N–H and O–H groups in total. The Morgan fingerprint density at radius 1 is 1.11 bits per heavy atom. The van der Waals surface area contributed by atoms with Crippen molar-refractivity contribution in [2.45, 2.75) is 12.8 Å². The lowest BCUT2D eigenvalue weighted by Gasteiger charge is -2.36. The predicted molar refractivity (Wildman–Crippen MR) is 66.6 cm³/mol. The maximum absolute atomic E-state index is 11.9. The maximum atomic E-state index is 11.9. The minimum atomic E-state index is -9.51. The van der Waals surface area contributed by atoms with Gasteiger partial charge in [0.05, 0.1) is 5.41 Å². The van der Waals surface area contributed by atoms with Gasteiger partial charge in [-0.15, -0.1) is 0 Å². The van der Waals surface area contributed by atoms with Crippen LogP contribution in [-0.2, 0) is 4.79 Å². The van der Waals surface area contributed by atoms with Crippen molar-refractivity contribution in [1.82, 2.24) is 0 Å². The Balaban J connectivity index is 2.43. The van der Waals surface area contributed by atoms with Crippen molar-refractivity contribution in [3.63, 3.8) is 0 Å². The van der Waals surface area contributed by atoms with Gasteiger partial charge in [-0.05, 0) is 18.6 Å². The van der Waals surface area contributed by atoms with Gasteiger partial charge in [-0.1, -0.05) is 43.7 Å². The molecule has 0 saturated carbocycles. The summed E-state index contributed by atoms with van der Waals surface area (Å²) in [5.74, 6) is -0.544. The lowest BCUT2D eigenvalue weighted by Crippen LogP contribution is -2.10. The number of allylic oxidation sites excluding steroid dienone is 1. The largest absolute Gasteiger partial charge is 0.326 e. The van der Waals surface area contributed by atoms with Gasteiger partial charge in [0.2, 0.25) is 5.91 Å². The highest BCUT2D eigenvalue weighted by Crippen LogP contribution is 2.98. The second kappa shape index (κ2) is 4.52. The van der Waals surface area contributed by atoms with E-state index in [1.54, 1.807) is 30.3 Å². The first-order valence-electron chi connectivity index (χ1n) is 5.22. The zero-order valence-corrected chi connectivity index (χ0v) is 10.5. The number of anilines is 1. The summed E-state index contributed by atoms with van der Waals surface area (Å²) in [6.07, 6.45) is -0.449. The fraction of sp³-hybridized carbons (Fsp3) is 0.182. The molecule has 0 heterocycles. The van der Waals surface area contributed by atoms with Crippen LogP contribution in [0.1, 0.15) is 12.8 Å². The standard InChI is InChI=1S/C11H12F5NOS/c12-19(13,14,15,16)9-5-4-8-11(18)17-10-6-2-1-3-7-10/h1-3,5-7,9H,4,8H2,(H,17,18)/b9-5-. The summed E-state index contributed by atoms with van der Waals surface area (Å²) >= 11 is 0. The number of halogens is 5. The highest BCUT2D eigenvalue weighted by molar-refractivity contribution is 8.48. The monoisotopic (exact) mass is 301 g/mol. The van der Waals surface area contributed by atoms with E-state index in [4.69, 9.17) is 0 Å². The van der Waals surface area contributed by atoms with Crippen LogP contribution in [-0.4, -0.2) is 5.91 Å². The van der Waals surface area contributed by atoms with Gasteiger partial charge < -0.3 is 5.32 Å². The van der Waals surface area contributed by atoms with Crippen LogP contribution in [0.25, 0.3) is 0 Å². The van der Waals surface area contributed by atoms with Gasteiger partial charge in [0.25, 0.3) is 0 Å². The predicted octanol–water partition coefficient (Wildman–Crippen LogP) is 5.22. The first-order chi connectivity index (χ1) is 8.45. The molecular weight excluding hydrogens is 289 g/mol. The van der Waals surface area contributed by atoms with Crippen molar-refractivity contribution in [2.24, 2.45) is 0 Å². The molecule has 0 aliphatic heterocycles. The Bertz CT molecular complexity index is 482. The Hall–Kier alpha value is -1.57. The van der Waals surface area contributed by atoms with Crippen LogP contribution >= 0.6 is 10.2 Å². The molecule has 108 valence electrons. The quantitative estimate of drug-likeness (QED) is 0.742. The third-order valence-corrected chi connectivity index (χ3v) is 2.66. The molecule has 8 heteroatoms. The van der Waals surface area contributed by atoms with Crippen LogP contribution in [0.5, 0.6) is 0 Å². The number of hydrogen-bond donors (Lipinski definition) is 1. The molecule has 0 atom stereocenters. The summed E-state index contributed by atoms with van der Waals surface area (Å²) < 4.78 is 59.5. The number of nitrogens with one attached hydrogen (secondary N) is 1. The van der Waals surface area contributed by atoms with Crippen LogP contribution in [0, 0.1) is 0 Å². The number of benzene rings is 1. The molecule has 0 fully saturated rings. The summed E-state index contributed by atoms with van der Waals surface area (Å²) in [5, 5.41) is 1.39. The van der Waals surface area contributed by atoms with Crippen LogP contribution in [0.15, 0.2) is 41.8 Å². The maximum Gasteiger partial charge on any atom is 0.304 e. The molecule has 2 nitrogen and oxygen atoms in total. The number of para-hydroxylation sites is 1. The van der Waals surface area contributed by atoms with E-state index in [1.807, 2.05) is 0 Å². The van der Waals surface area contributed by atoms with Gasteiger partial charge in [-0.2, -0.15) is 0 Å². The van der Waals surface area contributed by atoms with E-state index in [2.05, 4.69) is 5.32 Å². The molecule has 0 aromatic heterocycles. The molecule has 0 saturated heterocycles. The van der Waals surface area contributed by atoms with Crippen molar-refractivity contribution < 1.29 is 24.2 Å². The molecule has 0 unspecified atom stereocenters. The fourth-order valence-corrected chi connectivity index (χ4v) is 1.71. The van der Waals surface area contributed by atoms with Crippen LogP contribution < -0.4 is 5.32 Å². The van der Waals surface area contributed by atoms with E-state index >= 15 is 0 Å². The third-order valence-electron chi connectivity index (χ3n) is 1.95. The van der Waals surface area contributed by atoms with E-state index in [0.29, 0.717) is 5.69 Å². The highest BCUT2D eigenvalue weighted by atomic mass is 32.5. The second-order valence-electron chi connectivity index (χ2n) is 3.85. The van der Waals surface area contributed by atoms with E-state index in [0.717, 1.165) is 0 Å². The van der Waals surface area contributed by atoms with Crippen molar-refractivity contribution in [1.29, 1.82) is 0 Å². The van der Waals surface area contributed by atoms with Crippen LogP contribution in [0.4, 0.5) is 25.1 Å². The zero-order valence-electron chi connectivity index (χ0n) is 9.66. The fourth-order valence-electron chi connectivity index (χ4n) is 1.21. The molecule has 19 heavy (non-hydrogen) atoms. The topological polar surface area (TPSA) is 29.1 Å². The minimum Gasteiger partial charge on any atom is -0.326 e. The van der Waals surface area contributed by atoms with Crippen molar-refractivity contribution in [2.75, 3.05) is 5.32 Å². The Morgan fingerprint density at radius 2 is 1.68 bits per heavy atom. The minimum absolute atomic E-state index is 0.270. The van der Waals surface area contributed by atoms with E-state index < -0.39 is 28.0 Å². The van der Waals surface area contributed by atoms with Crippen molar-refractivity contribution >= 4 is 21.8 Å². The Labute approximate surface area is 107 Å². The molecule has 0 aliphatic carbocycles. The number of hydrogen-bond acceptors (Lipinski definition) is 1. The molecule has 1 rings (SSSR count). The first kappa shape index (κ1) is 15.5. The zero-order chi connectivity index (χ0) is 14.6. The molecule has 0 spiro atoms. The summed E-state index contributed by atoms with van der Waals surface area (Å²) in [7, 11) is -9.51. The third kappa shape index (κ3) is 8.20. The van der Waals surface area contributed by atoms with E-state index in [9.17, 15) is 24.2 Å². The van der Waals surface area contributed by atoms with Gasteiger partial charge in [0.1, 0.15) is 0 Å². The van der Waals surface area contributed by atoms with Gasteiger partial charge >= 0.3 is 10.2 Å². The molecule has 1 aromatic carbocycles. The smallest absolute Gasteiger partial charge is 0.304 e. The normalized spacial score (nSPS) is 15.8. The Morgan fingerprint density at radius 3 is 2.21 bits per heavy atom. The first-order valence-corrected chi connectivity index (χ1v) is 7.23. The number of carbonyl (C=O) groups is 1. The number of rotatable bonds is 5. The van der Waals surface area contributed by atoms with Gasteiger partial charge in [0.15, 0.2) is 0 Å². The average Bonchev–Trinajstić information content (AvgIpc) is 2.23. The van der Waals surface area contributed by atoms with Crippen LogP contribution in [0.2, 0.25) is 0 Å². The summed E-state index contributed by atoms with van der Waals surface area (Å²) in [4.78, 5) is 11.3. The van der Waals surface area contributed by atoms with E-state index in [-0.39, 0.29) is 12.5 Å². The molecule has 0 bridgehead atoms.